The van der Waals surface area contributed by atoms with Gasteiger partial charge in [0.15, 0.2) is 0 Å². The van der Waals surface area contributed by atoms with Gasteiger partial charge in [-0.1, -0.05) is 22.4 Å². The van der Waals surface area contributed by atoms with Crippen molar-refractivity contribution in [1.29, 1.82) is 0 Å². The molecule has 24 heavy (non-hydrogen) atoms. The fourth-order valence-electron chi connectivity index (χ4n) is 2.62. The number of rotatable bonds is 10. The van der Waals surface area contributed by atoms with E-state index in [1.54, 1.807) is 0 Å². The Hall–Kier alpha value is -1.02. The molecule has 1 aromatic heterocycles. The van der Waals surface area contributed by atoms with E-state index in [0.717, 1.165) is 39.5 Å². The highest BCUT2D eigenvalue weighted by molar-refractivity contribution is 9.10. The normalized spacial score (nSPS) is 12.5. The molecule has 0 aliphatic heterocycles. The summed E-state index contributed by atoms with van der Waals surface area (Å²) in [6, 6.07) is 5.31. The Labute approximate surface area is 155 Å². The standard InChI is InChI=1S/C17H24BrN3O2S/c1-24-8-4-2-3-7-19-17(22)16(21-23)9-12-11-20-15-6-5-13(18)10-14(12)15/h5-6,10-11,16,20-21,23H,2-4,7-9H2,1H3,(H,19,22). The van der Waals surface area contributed by atoms with Gasteiger partial charge in [-0.2, -0.15) is 17.2 Å². The number of amides is 1. The highest BCUT2D eigenvalue weighted by atomic mass is 79.9. The molecule has 0 bridgehead atoms. The SMILES string of the molecule is CSCCCCCNC(=O)C(Cc1c[nH]c2ccc(Br)cc12)NO. The fraction of sp³-hybridized carbons (Fsp3) is 0.471. The van der Waals surface area contributed by atoms with Gasteiger partial charge in [0.1, 0.15) is 6.04 Å². The second-order valence-electron chi connectivity index (χ2n) is 5.73. The molecule has 1 heterocycles. The number of hydrogen-bond acceptors (Lipinski definition) is 4. The summed E-state index contributed by atoms with van der Waals surface area (Å²) < 4.78 is 0.985. The van der Waals surface area contributed by atoms with Crippen LogP contribution in [0.15, 0.2) is 28.9 Å². The first-order chi connectivity index (χ1) is 11.7. The molecule has 4 N–H and O–H groups in total. The number of unbranched alkanes of at least 4 members (excludes halogenated alkanes) is 2. The van der Waals surface area contributed by atoms with E-state index in [0.29, 0.717) is 13.0 Å². The van der Waals surface area contributed by atoms with Crippen molar-refractivity contribution in [2.24, 2.45) is 0 Å². The number of halogens is 1. The number of thioether (sulfide) groups is 1. The van der Waals surface area contributed by atoms with Crippen LogP contribution in [-0.4, -0.2) is 40.7 Å². The molecule has 2 rings (SSSR count). The second kappa shape index (κ2) is 10.1. The maximum Gasteiger partial charge on any atom is 0.239 e. The molecule has 0 saturated carbocycles. The highest BCUT2D eigenvalue weighted by Gasteiger charge is 2.19. The largest absolute Gasteiger partial charge is 0.361 e. The van der Waals surface area contributed by atoms with Gasteiger partial charge in [0.05, 0.1) is 0 Å². The Morgan fingerprint density at radius 1 is 1.38 bits per heavy atom. The number of carbonyl (C=O) groups is 1. The fourth-order valence-corrected chi connectivity index (χ4v) is 3.47. The van der Waals surface area contributed by atoms with Crippen LogP contribution in [0.4, 0.5) is 0 Å². The molecule has 0 saturated heterocycles. The Kier molecular flexibility index (Phi) is 8.11. The molecule has 1 amide bonds. The predicted octanol–water partition coefficient (Wildman–Crippen LogP) is 3.47. The average molecular weight is 414 g/mol. The van der Waals surface area contributed by atoms with Crippen LogP contribution in [0.2, 0.25) is 0 Å². The summed E-state index contributed by atoms with van der Waals surface area (Å²) in [7, 11) is 0. The topological polar surface area (TPSA) is 77.2 Å². The highest BCUT2D eigenvalue weighted by Crippen LogP contribution is 2.23. The predicted molar refractivity (Wildman–Crippen MR) is 104 cm³/mol. The number of hydrogen-bond donors (Lipinski definition) is 4. The van der Waals surface area contributed by atoms with Crippen LogP contribution in [0.5, 0.6) is 0 Å². The van der Waals surface area contributed by atoms with Gasteiger partial charge in [0.25, 0.3) is 0 Å². The van der Waals surface area contributed by atoms with Gasteiger partial charge in [-0.05, 0) is 48.6 Å². The molecular weight excluding hydrogens is 390 g/mol. The smallest absolute Gasteiger partial charge is 0.239 e. The summed E-state index contributed by atoms with van der Waals surface area (Å²) in [4.78, 5) is 15.4. The van der Waals surface area contributed by atoms with E-state index in [1.807, 2.05) is 36.2 Å². The molecule has 0 aliphatic rings. The zero-order valence-electron chi connectivity index (χ0n) is 13.8. The third-order valence-corrected chi connectivity index (χ3v) is 5.14. The number of benzene rings is 1. The number of H-pyrrole nitrogens is 1. The molecule has 0 aliphatic carbocycles. The maximum atomic E-state index is 12.2. The van der Waals surface area contributed by atoms with Crippen molar-refractivity contribution >= 4 is 44.5 Å². The average Bonchev–Trinajstić information content (AvgIpc) is 2.97. The number of carbonyl (C=O) groups excluding carboxylic acids is 1. The van der Waals surface area contributed by atoms with E-state index in [4.69, 9.17) is 0 Å². The number of aromatic amines is 1. The second-order valence-corrected chi connectivity index (χ2v) is 7.64. The van der Waals surface area contributed by atoms with E-state index < -0.39 is 6.04 Å². The Morgan fingerprint density at radius 2 is 2.21 bits per heavy atom. The van der Waals surface area contributed by atoms with E-state index in [-0.39, 0.29) is 5.91 Å². The van der Waals surface area contributed by atoms with Crippen molar-refractivity contribution in [2.45, 2.75) is 31.7 Å². The first-order valence-electron chi connectivity index (χ1n) is 8.07. The molecule has 0 fully saturated rings. The summed E-state index contributed by atoms with van der Waals surface area (Å²) in [6.07, 6.45) is 7.65. The number of nitrogens with one attached hydrogen (secondary N) is 3. The van der Waals surface area contributed by atoms with Crippen LogP contribution in [0.1, 0.15) is 24.8 Å². The van der Waals surface area contributed by atoms with Crippen molar-refractivity contribution in [3.05, 3.63) is 34.4 Å². The van der Waals surface area contributed by atoms with Crippen molar-refractivity contribution in [3.63, 3.8) is 0 Å². The molecule has 0 radical (unpaired) electrons. The molecule has 0 spiro atoms. The van der Waals surface area contributed by atoms with Crippen LogP contribution in [0.25, 0.3) is 10.9 Å². The third-order valence-electron chi connectivity index (χ3n) is 3.95. The third kappa shape index (κ3) is 5.51. The zero-order valence-corrected chi connectivity index (χ0v) is 16.2. The van der Waals surface area contributed by atoms with Gasteiger partial charge in [-0.15, -0.1) is 0 Å². The van der Waals surface area contributed by atoms with Crippen LogP contribution in [0.3, 0.4) is 0 Å². The van der Waals surface area contributed by atoms with Gasteiger partial charge in [0, 0.05) is 34.5 Å². The minimum atomic E-state index is -0.658. The lowest BCUT2D eigenvalue weighted by Crippen LogP contribution is -2.44. The van der Waals surface area contributed by atoms with E-state index in [9.17, 15) is 10.0 Å². The van der Waals surface area contributed by atoms with Gasteiger partial charge < -0.3 is 15.5 Å². The summed E-state index contributed by atoms with van der Waals surface area (Å²) in [5.74, 6) is 0.983. The maximum absolute atomic E-state index is 12.2. The van der Waals surface area contributed by atoms with Gasteiger partial charge in [0.2, 0.25) is 5.91 Å². The van der Waals surface area contributed by atoms with Crippen LogP contribution in [0, 0.1) is 0 Å². The quantitative estimate of drug-likeness (QED) is 0.355. The summed E-state index contributed by atoms with van der Waals surface area (Å²) in [5.41, 5.74) is 4.15. The van der Waals surface area contributed by atoms with Crippen LogP contribution >= 0.6 is 27.7 Å². The first kappa shape index (κ1) is 19.3. The molecule has 1 aromatic carbocycles. The number of fused-ring (bicyclic) bond motifs is 1. The van der Waals surface area contributed by atoms with E-state index in [1.165, 1.54) is 6.42 Å². The number of hydroxylamine groups is 1. The lowest BCUT2D eigenvalue weighted by Gasteiger charge is -2.15. The van der Waals surface area contributed by atoms with E-state index >= 15 is 0 Å². The Morgan fingerprint density at radius 3 is 2.96 bits per heavy atom. The first-order valence-corrected chi connectivity index (χ1v) is 10.3. The molecule has 7 heteroatoms. The van der Waals surface area contributed by atoms with E-state index in [2.05, 4.69) is 38.0 Å². The summed E-state index contributed by atoms with van der Waals surface area (Å²) in [5, 5.41) is 13.3. The number of aromatic nitrogens is 1. The van der Waals surface area contributed by atoms with Gasteiger partial charge >= 0.3 is 0 Å². The molecule has 132 valence electrons. The van der Waals surface area contributed by atoms with Gasteiger partial charge in [-0.3, -0.25) is 4.79 Å². The van der Waals surface area contributed by atoms with Gasteiger partial charge in [-0.25, -0.2) is 0 Å². The van der Waals surface area contributed by atoms with Crippen molar-refractivity contribution in [2.75, 3.05) is 18.6 Å². The summed E-state index contributed by atoms with van der Waals surface area (Å²) in [6.45, 7) is 0.644. The Balaban J connectivity index is 1.88. The van der Waals surface area contributed by atoms with Crippen LogP contribution < -0.4 is 10.8 Å². The molecular formula is C17H24BrN3O2S. The minimum absolute atomic E-state index is 0.174. The van der Waals surface area contributed by atoms with Crippen LogP contribution in [-0.2, 0) is 11.2 Å². The zero-order chi connectivity index (χ0) is 17.4. The monoisotopic (exact) mass is 413 g/mol. The lowest BCUT2D eigenvalue weighted by molar-refractivity contribution is -0.125. The molecule has 1 unspecified atom stereocenters. The van der Waals surface area contributed by atoms with Crippen molar-refractivity contribution in [3.8, 4) is 0 Å². The molecule has 5 nitrogen and oxygen atoms in total. The minimum Gasteiger partial charge on any atom is -0.361 e. The summed E-state index contributed by atoms with van der Waals surface area (Å²) >= 11 is 5.31. The lowest BCUT2D eigenvalue weighted by atomic mass is 10.0. The van der Waals surface area contributed by atoms with Crippen molar-refractivity contribution < 1.29 is 10.0 Å². The Bertz CT molecular complexity index is 662. The van der Waals surface area contributed by atoms with Crippen molar-refractivity contribution in [1.82, 2.24) is 15.8 Å². The molecule has 2 aromatic rings. The molecule has 1 atom stereocenters.